The molecule has 118 valence electrons. The third-order valence-corrected chi connectivity index (χ3v) is 4.70. The van der Waals surface area contributed by atoms with E-state index in [0.717, 1.165) is 19.6 Å². The van der Waals surface area contributed by atoms with Crippen LogP contribution in [0.4, 0.5) is 0 Å². The first-order chi connectivity index (χ1) is 10.0. The fourth-order valence-corrected chi connectivity index (χ4v) is 3.62. The van der Waals surface area contributed by atoms with Crippen LogP contribution in [0, 0.1) is 13.8 Å². The second kappa shape index (κ2) is 7.39. The molecule has 0 saturated carbocycles. The van der Waals surface area contributed by atoms with E-state index in [1.807, 2.05) is 0 Å². The summed E-state index contributed by atoms with van der Waals surface area (Å²) in [7, 11) is 0. The zero-order valence-electron chi connectivity index (χ0n) is 14.1. The Balaban J connectivity index is 1.93. The lowest BCUT2D eigenvalue weighted by molar-refractivity contribution is 0.208. The minimum atomic E-state index is 0.124. The average molecular weight is 289 g/mol. The van der Waals surface area contributed by atoms with Crippen LogP contribution in [-0.4, -0.2) is 48.6 Å². The van der Waals surface area contributed by atoms with Gasteiger partial charge in [0.2, 0.25) is 0 Å². The number of benzene rings is 1. The van der Waals surface area contributed by atoms with Crippen molar-refractivity contribution in [2.24, 2.45) is 5.73 Å². The lowest BCUT2D eigenvalue weighted by Gasteiger charge is -2.27. The maximum absolute atomic E-state index is 6.44. The summed E-state index contributed by atoms with van der Waals surface area (Å²) in [5, 5.41) is 0. The first-order valence-corrected chi connectivity index (χ1v) is 8.33. The molecule has 2 atom stereocenters. The van der Waals surface area contributed by atoms with Crippen LogP contribution in [0.25, 0.3) is 0 Å². The Morgan fingerprint density at radius 2 is 1.81 bits per heavy atom. The number of nitrogens with two attached hydrogens (primary N) is 1. The zero-order valence-corrected chi connectivity index (χ0v) is 14.1. The van der Waals surface area contributed by atoms with E-state index < -0.39 is 0 Å². The van der Waals surface area contributed by atoms with Gasteiger partial charge >= 0.3 is 0 Å². The fourth-order valence-electron chi connectivity index (χ4n) is 3.62. The molecule has 3 nitrogen and oxygen atoms in total. The van der Waals surface area contributed by atoms with Crippen molar-refractivity contribution in [3.63, 3.8) is 0 Å². The molecule has 0 radical (unpaired) electrons. The van der Waals surface area contributed by atoms with E-state index >= 15 is 0 Å². The lowest BCUT2D eigenvalue weighted by atomic mass is 10.0. The Morgan fingerprint density at radius 1 is 1.19 bits per heavy atom. The van der Waals surface area contributed by atoms with Gasteiger partial charge in [-0.05, 0) is 45.5 Å². The van der Waals surface area contributed by atoms with Crippen LogP contribution in [0.3, 0.4) is 0 Å². The molecule has 2 rings (SSSR count). The molecule has 1 saturated heterocycles. The molecule has 1 aromatic rings. The first kappa shape index (κ1) is 16.5. The summed E-state index contributed by atoms with van der Waals surface area (Å²) >= 11 is 0. The molecule has 0 amide bonds. The highest BCUT2D eigenvalue weighted by Crippen LogP contribution is 2.20. The number of hydrogen-bond donors (Lipinski definition) is 1. The van der Waals surface area contributed by atoms with Crippen molar-refractivity contribution in [1.29, 1.82) is 0 Å². The van der Waals surface area contributed by atoms with Crippen molar-refractivity contribution in [2.75, 3.05) is 32.7 Å². The molecule has 0 spiro atoms. The van der Waals surface area contributed by atoms with Crippen LogP contribution in [0.2, 0.25) is 0 Å². The summed E-state index contributed by atoms with van der Waals surface area (Å²) in [6.07, 6.45) is 1.28. The van der Waals surface area contributed by atoms with Crippen LogP contribution in [-0.2, 0) is 0 Å². The molecule has 0 bridgehead atoms. The zero-order chi connectivity index (χ0) is 15.4. The molecule has 0 aliphatic carbocycles. The second-order valence-electron chi connectivity index (χ2n) is 6.45. The predicted octanol–water partition coefficient (Wildman–Crippen LogP) is 2.72. The van der Waals surface area contributed by atoms with Gasteiger partial charge in [0.1, 0.15) is 0 Å². The molecule has 1 aliphatic rings. The van der Waals surface area contributed by atoms with Crippen molar-refractivity contribution < 1.29 is 0 Å². The third kappa shape index (κ3) is 4.29. The average Bonchev–Trinajstić information content (AvgIpc) is 2.87. The standard InChI is InChI=1S/C18H31N3/c1-5-21(6-2)17-7-8-20(12-17)13-18(19)16-10-14(3)9-15(4)11-16/h9-11,17-18H,5-8,12-13,19H2,1-4H3. The van der Waals surface area contributed by atoms with E-state index in [1.54, 1.807) is 0 Å². The van der Waals surface area contributed by atoms with Crippen molar-refractivity contribution in [1.82, 2.24) is 9.80 Å². The topological polar surface area (TPSA) is 32.5 Å². The molecular weight excluding hydrogens is 258 g/mol. The van der Waals surface area contributed by atoms with Gasteiger partial charge in [0.05, 0.1) is 0 Å². The Kier molecular flexibility index (Phi) is 5.80. The number of rotatable bonds is 6. The summed E-state index contributed by atoms with van der Waals surface area (Å²) in [6, 6.07) is 7.51. The van der Waals surface area contributed by atoms with E-state index in [-0.39, 0.29) is 6.04 Å². The van der Waals surface area contributed by atoms with Gasteiger partial charge < -0.3 is 5.73 Å². The van der Waals surface area contributed by atoms with Crippen molar-refractivity contribution in [2.45, 2.75) is 46.2 Å². The Morgan fingerprint density at radius 3 is 2.38 bits per heavy atom. The van der Waals surface area contributed by atoms with Gasteiger partial charge in [-0.15, -0.1) is 0 Å². The second-order valence-corrected chi connectivity index (χ2v) is 6.45. The largest absolute Gasteiger partial charge is 0.323 e. The first-order valence-electron chi connectivity index (χ1n) is 8.33. The Labute approximate surface area is 130 Å². The van der Waals surface area contributed by atoms with Crippen LogP contribution in [0.5, 0.6) is 0 Å². The minimum Gasteiger partial charge on any atom is -0.323 e. The van der Waals surface area contributed by atoms with E-state index in [4.69, 9.17) is 5.73 Å². The molecule has 1 fully saturated rings. The highest BCUT2D eigenvalue weighted by molar-refractivity contribution is 5.30. The van der Waals surface area contributed by atoms with Crippen LogP contribution in [0.15, 0.2) is 18.2 Å². The molecule has 2 N–H and O–H groups in total. The summed E-state index contributed by atoms with van der Waals surface area (Å²) < 4.78 is 0. The maximum atomic E-state index is 6.44. The van der Waals surface area contributed by atoms with Gasteiger partial charge in [0, 0.05) is 25.2 Å². The minimum absolute atomic E-state index is 0.124. The molecule has 2 unspecified atom stereocenters. The number of aryl methyl sites for hydroxylation is 2. The van der Waals surface area contributed by atoms with Gasteiger partial charge in [-0.2, -0.15) is 0 Å². The predicted molar refractivity (Wildman–Crippen MR) is 90.6 cm³/mol. The quantitative estimate of drug-likeness (QED) is 0.874. The van der Waals surface area contributed by atoms with Gasteiger partial charge in [-0.1, -0.05) is 43.2 Å². The maximum Gasteiger partial charge on any atom is 0.0424 e. The van der Waals surface area contributed by atoms with Gasteiger partial charge in [-0.25, -0.2) is 0 Å². The number of likely N-dealkylation sites (tertiary alicyclic amines) is 1. The van der Waals surface area contributed by atoms with E-state index in [0.29, 0.717) is 6.04 Å². The van der Waals surface area contributed by atoms with Gasteiger partial charge in [0.15, 0.2) is 0 Å². The molecule has 1 aliphatic heterocycles. The number of likely N-dealkylation sites (N-methyl/N-ethyl adjacent to an activating group) is 1. The van der Waals surface area contributed by atoms with E-state index in [2.05, 4.69) is 55.7 Å². The van der Waals surface area contributed by atoms with Gasteiger partial charge in [0.25, 0.3) is 0 Å². The SMILES string of the molecule is CCN(CC)C1CCN(CC(N)c2cc(C)cc(C)c2)C1. The third-order valence-electron chi connectivity index (χ3n) is 4.70. The molecule has 0 aromatic heterocycles. The van der Waals surface area contributed by atoms with Gasteiger partial charge in [-0.3, -0.25) is 9.80 Å². The van der Waals surface area contributed by atoms with E-state index in [1.165, 1.54) is 36.2 Å². The molecule has 3 heteroatoms. The number of nitrogens with zero attached hydrogens (tertiary/aromatic N) is 2. The molecule has 1 aromatic carbocycles. The monoisotopic (exact) mass is 289 g/mol. The molecule has 21 heavy (non-hydrogen) atoms. The van der Waals surface area contributed by atoms with Crippen molar-refractivity contribution in [3.8, 4) is 0 Å². The van der Waals surface area contributed by atoms with E-state index in [9.17, 15) is 0 Å². The summed E-state index contributed by atoms with van der Waals surface area (Å²) in [5.41, 5.74) is 10.3. The van der Waals surface area contributed by atoms with Crippen molar-refractivity contribution >= 4 is 0 Å². The van der Waals surface area contributed by atoms with Crippen LogP contribution < -0.4 is 5.73 Å². The Bertz CT molecular complexity index is 434. The number of hydrogen-bond acceptors (Lipinski definition) is 3. The normalized spacial score (nSPS) is 21.1. The highest BCUT2D eigenvalue weighted by Gasteiger charge is 2.27. The highest BCUT2D eigenvalue weighted by atomic mass is 15.3. The van der Waals surface area contributed by atoms with Crippen LogP contribution in [0.1, 0.15) is 43.0 Å². The molecule has 1 heterocycles. The molecular formula is C18H31N3. The smallest absolute Gasteiger partial charge is 0.0424 e. The van der Waals surface area contributed by atoms with Crippen LogP contribution >= 0.6 is 0 Å². The summed E-state index contributed by atoms with van der Waals surface area (Å²) in [5.74, 6) is 0. The Hall–Kier alpha value is -0.900. The lowest BCUT2D eigenvalue weighted by Crippen LogP contribution is -2.38. The fraction of sp³-hybridized carbons (Fsp3) is 0.667. The summed E-state index contributed by atoms with van der Waals surface area (Å²) in [4.78, 5) is 5.10. The van der Waals surface area contributed by atoms with Crippen molar-refractivity contribution in [3.05, 3.63) is 34.9 Å². The summed E-state index contributed by atoms with van der Waals surface area (Å²) in [6.45, 7) is 14.4.